The number of nitrogens with zero attached hydrogens (tertiary/aromatic N) is 2. The Morgan fingerprint density at radius 1 is 1.54 bits per heavy atom. The van der Waals surface area contributed by atoms with Gasteiger partial charge in [-0.1, -0.05) is 13.8 Å². The van der Waals surface area contributed by atoms with Crippen LogP contribution in [-0.2, 0) is 17.1 Å². The minimum Gasteiger partial charge on any atom is -0.336 e. The first kappa shape index (κ1) is 10.2. The van der Waals surface area contributed by atoms with E-state index in [4.69, 9.17) is 5.14 Å². The molecule has 0 aliphatic carbocycles. The van der Waals surface area contributed by atoms with E-state index in [2.05, 4.69) is 4.98 Å². The molecule has 1 rings (SSSR count). The lowest BCUT2D eigenvalue weighted by Gasteiger charge is -2.02. The van der Waals surface area contributed by atoms with Crippen LogP contribution in [0.2, 0.25) is 0 Å². The number of sulfonamides is 1. The first-order valence-corrected chi connectivity index (χ1v) is 5.43. The molecule has 1 aromatic heterocycles. The Balaban J connectivity index is 3.25. The highest BCUT2D eigenvalue weighted by atomic mass is 32.2. The van der Waals surface area contributed by atoms with Crippen LogP contribution in [0.4, 0.5) is 0 Å². The fraction of sp³-hybridized carbons (Fsp3) is 0.571. The van der Waals surface area contributed by atoms with Crippen molar-refractivity contribution < 1.29 is 8.42 Å². The van der Waals surface area contributed by atoms with E-state index in [9.17, 15) is 8.42 Å². The summed E-state index contributed by atoms with van der Waals surface area (Å²) >= 11 is 0. The van der Waals surface area contributed by atoms with Gasteiger partial charge < -0.3 is 4.57 Å². The average molecular weight is 203 g/mol. The molecule has 0 fully saturated rings. The Morgan fingerprint density at radius 2 is 2.08 bits per heavy atom. The smallest absolute Gasteiger partial charge is 0.257 e. The van der Waals surface area contributed by atoms with E-state index in [0.717, 1.165) is 0 Å². The quantitative estimate of drug-likeness (QED) is 0.745. The third kappa shape index (κ3) is 2.07. The Kier molecular flexibility index (Phi) is 2.44. The van der Waals surface area contributed by atoms with E-state index >= 15 is 0 Å². The first-order valence-electron chi connectivity index (χ1n) is 3.88. The van der Waals surface area contributed by atoms with Gasteiger partial charge in [-0.2, -0.15) is 0 Å². The molecule has 0 atom stereocenters. The molecule has 0 aromatic carbocycles. The zero-order valence-electron chi connectivity index (χ0n) is 7.85. The number of nitrogens with two attached hydrogens (primary N) is 1. The van der Waals surface area contributed by atoms with Crippen LogP contribution >= 0.6 is 0 Å². The highest BCUT2D eigenvalue weighted by molar-refractivity contribution is 7.89. The van der Waals surface area contributed by atoms with E-state index in [0.29, 0.717) is 5.82 Å². The highest BCUT2D eigenvalue weighted by Gasteiger charge is 2.15. The zero-order chi connectivity index (χ0) is 10.2. The maximum absolute atomic E-state index is 10.9. The van der Waals surface area contributed by atoms with E-state index < -0.39 is 10.0 Å². The van der Waals surface area contributed by atoms with Gasteiger partial charge in [-0.3, -0.25) is 0 Å². The molecule has 1 heterocycles. The van der Waals surface area contributed by atoms with Gasteiger partial charge in [0.15, 0.2) is 5.03 Å². The summed E-state index contributed by atoms with van der Waals surface area (Å²) in [4.78, 5) is 3.93. The van der Waals surface area contributed by atoms with Crippen molar-refractivity contribution in [2.24, 2.45) is 12.2 Å². The van der Waals surface area contributed by atoms with Crippen molar-refractivity contribution in [3.63, 3.8) is 0 Å². The largest absolute Gasteiger partial charge is 0.336 e. The molecule has 0 saturated carbocycles. The predicted octanol–water partition coefficient (Wildman–Crippen LogP) is 0.191. The van der Waals surface area contributed by atoms with Gasteiger partial charge in [0.2, 0.25) is 0 Å². The van der Waals surface area contributed by atoms with Crippen LogP contribution in [0.5, 0.6) is 0 Å². The normalized spacial score (nSPS) is 12.4. The summed E-state index contributed by atoms with van der Waals surface area (Å²) in [7, 11) is -1.92. The summed E-state index contributed by atoms with van der Waals surface area (Å²) < 4.78 is 23.5. The second-order valence-electron chi connectivity index (χ2n) is 3.25. The lowest BCUT2D eigenvalue weighted by molar-refractivity contribution is 0.594. The molecule has 0 aliphatic rings. The first-order chi connectivity index (χ1) is 5.82. The summed E-state index contributed by atoms with van der Waals surface area (Å²) in [6, 6.07) is 0. The van der Waals surface area contributed by atoms with E-state index in [1.54, 1.807) is 11.6 Å². The molecule has 1 aromatic rings. The maximum atomic E-state index is 10.9. The van der Waals surface area contributed by atoms with Crippen LogP contribution < -0.4 is 5.14 Å². The van der Waals surface area contributed by atoms with Gasteiger partial charge in [-0.25, -0.2) is 18.5 Å². The Morgan fingerprint density at radius 3 is 2.31 bits per heavy atom. The van der Waals surface area contributed by atoms with Crippen molar-refractivity contribution in [2.75, 3.05) is 0 Å². The van der Waals surface area contributed by atoms with Crippen molar-refractivity contribution in [1.82, 2.24) is 9.55 Å². The summed E-state index contributed by atoms with van der Waals surface area (Å²) in [5.41, 5.74) is 0. The van der Waals surface area contributed by atoms with Gasteiger partial charge in [0, 0.05) is 19.2 Å². The molecule has 0 spiro atoms. The minimum atomic E-state index is -3.67. The maximum Gasteiger partial charge on any atom is 0.257 e. The molecular formula is C7H13N3O2S. The fourth-order valence-electron chi connectivity index (χ4n) is 1.13. The number of aromatic nitrogens is 2. The van der Waals surface area contributed by atoms with Gasteiger partial charge in [-0.05, 0) is 0 Å². The lowest BCUT2D eigenvalue weighted by atomic mass is 10.2. The summed E-state index contributed by atoms with van der Waals surface area (Å²) in [5, 5.41) is 4.86. The van der Waals surface area contributed by atoms with Crippen LogP contribution in [0, 0.1) is 0 Å². The zero-order valence-corrected chi connectivity index (χ0v) is 8.67. The summed E-state index contributed by atoms with van der Waals surface area (Å²) in [5.74, 6) is 0.893. The molecule has 0 radical (unpaired) electrons. The average Bonchev–Trinajstić information content (AvgIpc) is 2.29. The van der Waals surface area contributed by atoms with Crippen molar-refractivity contribution in [2.45, 2.75) is 24.8 Å². The summed E-state index contributed by atoms with van der Waals surface area (Å²) in [6.45, 7) is 3.88. The molecule has 13 heavy (non-hydrogen) atoms. The molecule has 5 nitrogen and oxygen atoms in total. The van der Waals surface area contributed by atoms with E-state index in [-0.39, 0.29) is 10.9 Å². The van der Waals surface area contributed by atoms with E-state index in [1.165, 1.54) is 6.20 Å². The molecule has 6 heteroatoms. The van der Waals surface area contributed by atoms with Crippen LogP contribution in [0.3, 0.4) is 0 Å². The van der Waals surface area contributed by atoms with Crippen molar-refractivity contribution in [3.05, 3.63) is 12.0 Å². The Bertz CT molecular complexity index is 405. The third-order valence-electron chi connectivity index (χ3n) is 1.70. The van der Waals surface area contributed by atoms with Crippen molar-refractivity contribution in [1.29, 1.82) is 0 Å². The minimum absolute atomic E-state index is 0.0706. The van der Waals surface area contributed by atoms with Crippen LogP contribution in [-0.4, -0.2) is 18.0 Å². The Hall–Kier alpha value is -0.880. The van der Waals surface area contributed by atoms with Gasteiger partial charge in [-0.15, -0.1) is 0 Å². The van der Waals surface area contributed by atoms with Gasteiger partial charge in [0.1, 0.15) is 5.82 Å². The van der Waals surface area contributed by atoms with Crippen LogP contribution in [0.1, 0.15) is 25.6 Å². The molecule has 0 unspecified atom stereocenters. The molecule has 0 saturated heterocycles. The molecule has 0 aliphatic heterocycles. The number of hydrogen-bond acceptors (Lipinski definition) is 3. The number of rotatable bonds is 2. The van der Waals surface area contributed by atoms with Gasteiger partial charge in [0.05, 0.1) is 0 Å². The molecule has 74 valence electrons. The fourth-order valence-corrected chi connectivity index (χ4v) is 1.65. The Labute approximate surface area is 77.6 Å². The number of primary sulfonamides is 1. The van der Waals surface area contributed by atoms with Crippen LogP contribution in [0.25, 0.3) is 0 Å². The predicted molar refractivity (Wildman–Crippen MR) is 48.7 cm³/mol. The topological polar surface area (TPSA) is 78.0 Å². The van der Waals surface area contributed by atoms with E-state index in [1.807, 2.05) is 13.8 Å². The molecular weight excluding hydrogens is 190 g/mol. The van der Waals surface area contributed by atoms with Gasteiger partial charge >= 0.3 is 0 Å². The highest BCUT2D eigenvalue weighted by Crippen LogP contribution is 2.14. The standard InChI is InChI=1S/C7H13N3O2S/c1-5(2)7-9-6(4-10(7)3)13(8,11)12/h4-5H,1-3H3,(H2,8,11,12). The number of hydrogen-bond donors (Lipinski definition) is 1. The molecule has 0 amide bonds. The van der Waals surface area contributed by atoms with Gasteiger partial charge in [0.25, 0.3) is 10.0 Å². The van der Waals surface area contributed by atoms with Crippen LogP contribution in [0.15, 0.2) is 11.2 Å². The lowest BCUT2D eigenvalue weighted by Crippen LogP contribution is -2.12. The number of imidazole rings is 1. The summed E-state index contributed by atoms with van der Waals surface area (Å²) in [6.07, 6.45) is 1.42. The molecule has 2 N–H and O–H groups in total. The molecule has 0 bridgehead atoms. The second-order valence-corrected chi connectivity index (χ2v) is 4.76. The number of aryl methyl sites for hydroxylation is 1. The van der Waals surface area contributed by atoms with Crippen molar-refractivity contribution in [3.8, 4) is 0 Å². The monoisotopic (exact) mass is 203 g/mol. The SMILES string of the molecule is CC(C)c1nc(S(N)(=O)=O)cn1C. The van der Waals surface area contributed by atoms with Crippen molar-refractivity contribution >= 4 is 10.0 Å². The second kappa shape index (κ2) is 3.12. The third-order valence-corrected chi connectivity index (χ3v) is 2.48.